The lowest BCUT2D eigenvalue weighted by Gasteiger charge is -2.12. The highest BCUT2D eigenvalue weighted by Crippen LogP contribution is 2.03. The Morgan fingerprint density at radius 3 is 2.55 bits per heavy atom. The molecule has 0 aromatic carbocycles. The van der Waals surface area contributed by atoms with E-state index in [1.54, 1.807) is 0 Å². The van der Waals surface area contributed by atoms with Crippen LogP contribution in [0, 0.1) is 5.92 Å². The van der Waals surface area contributed by atoms with Crippen LogP contribution in [0.1, 0.15) is 13.8 Å². The fourth-order valence-electron chi connectivity index (χ4n) is 0.774. The van der Waals surface area contributed by atoms with Gasteiger partial charge in [0.15, 0.2) is 0 Å². The predicted octanol–water partition coefficient (Wildman–Crippen LogP) is 0.699. The molecule has 3 nitrogen and oxygen atoms in total. The van der Waals surface area contributed by atoms with Gasteiger partial charge in [-0.05, 0) is 12.8 Å². The lowest BCUT2D eigenvalue weighted by atomic mass is 10.0. The van der Waals surface area contributed by atoms with Crippen LogP contribution in [0.25, 0.3) is 0 Å². The molecule has 2 N–H and O–H groups in total. The van der Waals surface area contributed by atoms with Crippen LogP contribution in [-0.4, -0.2) is 19.1 Å². The molecule has 0 aliphatic heterocycles. The van der Waals surface area contributed by atoms with Gasteiger partial charge < -0.3 is 10.5 Å². The van der Waals surface area contributed by atoms with E-state index in [-0.39, 0.29) is 11.9 Å². The van der Waals surface area contributed by atoms with E-state index in [2.05, 4.69) is 4.74 Å². The van der Waals surface area contributed by atoms with E-state index in [0.29, 0.717) is 0 Å². The summed E-state index contributed by atoms with van der Waals surface area (Å²) in [6, 6.07) is -0.545. The maximum absolute atomic E-state index is 10.8. The van der Waals surface area contributed by atoms with E-state index < -0.39 is 6.04 Å². The second-order valence-corrected chi connectivity index (χ2v) is 2.43. The molecule has 0 aromatic rings. The molecule has 0 radical (unpaired) electrons. The molecule has 0 saturated heterocycles. The zero-order valence-electron chi connectivity index (χ0n) is 7.20. The summed E-state index contributed by atoms with van der Waals surface area (Å²) in [6.45, 7) is 3.77. The van der Waals surface area contributed by atoms with Crippen LogP contribution in [0.4, 0.5) is 0 Å². The zero-order chi connectivity index (χ0) is 8.85. The quantitative estimate of drug-likeness (QED) is 0.484. The molecular weight excluding hydrogens is 142 g/mol. The minimum Gasteiger partial charge on any atom is -0.468 e. The van der Waals surface area contributed by atoms with Gasteiger partial charge in [0.2, 0.25) is 0 Å². The summed E-state index contributed by atoms with van der Waals surface area (Å²) in [5.74, 6) is -0.331. The van der Waals surface area contributed by atoms with Crippen molar-refractivity contribution in [2.45, 2.75) is 19.9 Å². The number of carbonyl (C=O) groups excluding carboxylic acids is 1. The van der Waals surface area contributed by atoms with Crippen LogP contribution in [0.15, 0.2) is 12.2 Å². The van der Waals surface area contributed by atoms with Gasteiger partial charge in [-0.25, -0.2) is 0 Å². The van der Waals surface area contributed by atoms with Crippen LogP contribution < -0.4 is 5.73 Å². The minimum atomic E-state index is -0.545. The maximum atomic E-state index is 10.8. The highest BCUT2D eigenvalue weighted by Gasteiger charge is 2.18. The smallest absolute Gasteiger partial charge is 0.323 e. The summed E-state index contributed by atoms with van der Waals surface area (Å²) in [5, 5.41) is 0. The molecule has 0 aromatic heterocycles. The monoisotopic (exact) mass is 157 g/mol. The maximum Gasteiger partial charge on any atom is 0.323 e. The average molecular weight is 157 g/mol. The lowest BCUT2D eigenvalue weighted by Crippen LogP contribution is -2.36. The summed E-state index contributed by atoms with van der Waals surface area (Å²) < 4.78 is 4.48. The van der Waals surface area contributed by atoms with E-state index in [1.807, 2.05) is 26.0 Å². The first kappa shape index (κ1) is 10.2. The van der Waals surface area contributed by atoms with Gasteiger partial charge in [-0.1, -0.05) is 19.1 Å². The summed E-state index contributed by atoms with van der Waals surface area (Å²) in [7, 11) is 1.34. The molecule has 3 heteroatoms. The topological polar surface area (TPSA) is 52.3 Å². The number of esters is 1. The number of rotatable bonds is 3. The third-order valence-corrected chi connectivity index (χ3v) is 1.54. The van der Waals surface area contributed by atoms with Crippen molar-refractivity contribution in [3.8, 4) is 0 Å². The number of methoxy groups -OCH3 is 1. The van der Waals surface area contributed by atoms with Gasteiger partial charge >= 0.3 is 5.97 Å². The molecule has 64 valence electrons. The highest BCUT2D eigenvalue weighted by atomic mass is 16.5. The molecule has 0 aliphatic rings. The number of hydrogen-bond donors (Lipinski definition) is 1. The summed E-state index contributed by atoms with van der Waals surface area (Å²) >= 11 is 0. The first-order chi connectivity index (χ1) is 5.13. The first-order valence-corrected chi connectivity index (χ1v) is 3.59. The molecule has 0 bridgehead atoms. The second kappa shape index (κ2) is 4.91. The fraction of sp³-hybridized carbons (Fsp3) is 0.625. The van der Waals surface area contributed by atoms with Gasteiger partial charge in [-0.2, -0.15) is 0 Å². The van der Waals surface area contributed by atoms with Gasteiger partial charge in [0.25, 0.3) is 0 Å². The van der Waals surface area contributed by atoms with Gasteiger partial charge in [0, 0.05) is 0 Å². The summed E-state index contributed by atoms with van der Waals surface area (Å²) in [4.78, 5) is 10.8. The van der Waals surface area contributed by atoms with E-state index in [1.165, 1.54) is 7.11 Å². The van der Waals surface area contributed by atoms with Crippen molar-refractivity contribution < 1.29 is 9.53 Å². The molecular formula is C8H15NO2. The standard InChI is InChI=1S/C8H15NO2/c1-4-5-6(2)7(9)8(10)11-3/h4-7H,9H2,1-3H3/b5-4+. The lowest BCUT2D eigenvalue weighted by molar-refractivity contribution is -0.142. The van der Waals surface area contributed by atoms with Gasteiger partial charge in [0.05, 0.1) is 7.11 Å². The first-order valence-electron chi connectivity index (χ1n) is 3.59. The third kappa shape index (κ3) is 3.18. The van der Waals surface area contributed by atoms with Crippen LogP contribution in [0.2, 0.25) is 0 Å². The van der Waals surface area contributed by atoms with Crippen LogP contribution in [-0.2, 0) is 9.53 Å². The number of hydrogen-bond acceptors (Lipinski definition) is 3. The number of carbonyl (C=O) groups is 1. The Morgan fingerprint density at radius 2 is 2.18 bits per heavy atom. The van der Waals surface area contributed by atoms with Crippen molar-refractivity contribution in [1.29, 1.82) is 0 Å². The summed E-state index contributed by atoms with van der Waals surface area (Å²) in [6.07, 6.45) is 3.75. The van der Waals surface area contributed by atoms with E-state index in [0.717, 1.165) is 0 Å². The average Bonchev–Trinajstić information content (AvgIpc) is 2.02. The SMILES string of the molecule is C/C=C/C(C)C(N)C(=O)OC. The molecule has 2 unspecified atom stereocenters. The van der Waals surface area contributed by atoms with Crippen molar-refractivity contribution in [2.24, 2.45) is 11.7 Å². The van der Waals surface area contributed by atoms with Crippen molar-refractivity contribution in [2.75, 3.05) is 7.11 Å². The third-order valence-electron chi connectivity index (χ3n) is 1.54. The Balaban J connectivity index is 4.01. The molecule has 11 heavy (non-hydrogen) atoms. The predicted molar refractivity (Wildman–Crippen MR) is 44.0 cm³/mol. The second-order valence-electron chi connectivity index (χ2n) is 2.43. The Kier molecular flexibility index (Phi) is 4.54. The molecule has 0 saturated carbocycles. The van der Waals surface area contributed by atoms with Crippen molar-refractivity contribution >= 4 is 5.97 Å². The Hall–Kier alpha value is -0.830. The molecule has 0 rings (SSSR count). The largest absolute Gasteiger partial charge is 0.468 e. The number of ether oxygens (including phenoxy) is 1. The number of allylic oxidation sites excluding steroid dienone is 1. The van der Waals surface area contributed by atoms with E-state index >= 15 is 0 Å². The fourth-order valence-corrected chi connectivity index (χ4v) is 0.774. The van der Waals surface area contributed by atoms with Crippen LogP contribution in [0.3, 0.4) is 0 Å². The normalized spacial score (nSPS) is 16.4. The van der Waals surface area contributed by atoms with E-state index in [9.17, 15) is 4.79 Å². The van der Waals surface area contributed by atoms with Crippen molar-refractivity contribution in [1.82, 2.24) is 0 Å². The number of nitrogens with two attached hydrogens (primary N) is 1. The summed E-state index contributed by atoms with van der Waals surface area (Å²) in [5.41, 5.74) is 5.53. The van der Waals surface area contributed by atoms with Gasteiger partial charge in [0.1, 0.15) is 6.04 Å². The van der Waals surface area contributed by atoms with Crippen LogP contribution >= 0.6 is 0 Å². The van der Waals surface area contributed by atoms with Crippen molar-refractivity contribution in [3.05, 3.63) is 12.2 Å². The zero-order valence-corrected chi connectivity index (χ0v) is 7.20. The van der Waals surface area contributed by atoms with Gasteiger partial charge in [-0.15, -0.1) is 0 Å². The highest BCUT2D eigenvalue weighted by molar-refractivity contribution is 5.75. The molecule has 0 heterocycles. The van der Waals surface area contributed by atoms with E-state index in [4.69, 9.17) is 5.73 Å². The molecule has 0 fully saturated rings. The van der Waals surface area contributed by atoms with Crippen LogP contribution in [0.5, 0.6) is 0 Å². The Morgan fingerprint density at radius 1 is 1.64 bits per heavy atom. The molecule has 0 spiro atoms. The molecule has 2 atom stereocenters. The van der Waals surface area contributed by atoms with Gasteiger partial charge in [-0.3, -0.25) is 4.79 Å². The minimum absolute atomic E-state index is 0.0347. The molecule has 0 amide bonds. The Bertz CT molecular complexity index is 154. The van der Waals surface area contributed by atoms with Crippen molar-refractivity contribution in [3.63, 3.8) is 0 Å². The Labute approximate surface area is 67.2 Å². The molecule has 0 aliphatic carbocycles.